The molecule has 0 amide bonds. The SMILES string of the molecule is Cc1cc(N)nn1Cc1cscn1. The Balaban J connectivity index is 2.23. The fraction of sp³-hybridized carbons (Fsp3) is 0.250. The molecule has 68 valence electrons. The van der Waals surface area contributed by atoms with Crippen LogP contribution in [0.4, 0.5) is 5.82 Å². The van der Waals surface area contributed by atoms with Gasteiger partial charge in [-0.1, -0.05) is 0 Å². The number of aromatic nitrogens is 3. The highest BCUT2D eigenvalue weighted by atomic mass is 32.1. The van der Waals surface area contributed by atoms with E-state index in [1.165, 1.54) is 0 Å². The number of thiazole rings is 1. The third kappa shape index (κ3) is 1.70. The number of aryl methyl sites for hydroxylation is 1. The van der Waals surface area contributed by atoms with Gasteiger partial charge >= 0.3 is 0 Å². The Hall–Kier alpha value is -1.36. The molecule has 0 atom stereocenters. The van der Waals surface area contributed by atoms with Crippen molar-refractivity contribution in [2.45, 2.75) is 13.5 Å². The largest absolute Gasteiger partial charge is 0.382 e. The summed E-state index contributed by atoms with van der Waals surface area (Å²) in [5.41, 5.74) is 9.46. The summed E-state index contributed by atoms with van der Waals surface area (Å²) < 4.78 is 1.85. The first kappa shape index (κ1) is 8.25. The normalized spacial score (nSPS) is 10.5. The zero-order valence-corrected chi connectivity index (χ0v) is 8.08. The molecule has 0 aliphatic heterocycles. The molecule has 0 saturated heterocycles. The van der Waals surface area contributed by atoms with Crippen LogP contribution in [0.3, 0.4) is 0 Å². The van der Waals surface area contributed by atoms with Crippen molar-refractivity contribution in [1.29, 1.82) is 0 Å². The standard InChI is InChI=1S/C8H10N4S/c1-6-2-8(9)11-12(6)3-7-4-13-5-10-7/h2,4-5H,3H2,1H3,(H2,9,11). The second-order valence-electron chi connectivity index (χ2n) is 2.85. The van der Waals surface area contributed by atoms with Gasteiger partial charge in [0.25, 0.3) is 0 Å². The van der Waals surface area contributed by atoms with Crippen molar-refractivity contribution in [3.63, 3.8) is 0 Å². The van der Waals surface area contributed by atoms with Crippen LogP contribution < -0.4 is 5.73 Å². The van der Waals surface area contributed by atoms with Gasteiger partial charge in [0, 0.05) is 17.1 Å². The Morgan fingerprint density at radius 1 is 1.62 bits per heavy atom. The number of hydrogen-bond acceptors (Lipinski definition) is 4. The van der Waals surface area contributed by atoms with Crippen molar-refractivity contribution < 1.29 is 0 Å². The van der Waals surface area contributed by atoms with Gasteiger partial charge in [-0.05, 0) is 6.92 Å². The number of nitrogens with zero attached hydrogens (tertiary/aromatic N) is 3. The zero-order chi connectivity index (χ0) is 9.26. The van der Waals surface area contributed by atoms with Crippen LogP contribution in [0.1, 0.15) is 11.4 Å². The minimum absolute atomic E-state index is 0.563. The summed E-state index contributed by atoms with van der Waals surface area (Å²) in [6.07, 6.45) is 0. The average Bonchev–Trinajstić information content (AvgIpc) is 2.63. The van der Waals surface area contributed by atoms with Crippen LogP contribution in [0.2, 0.25) is 0 Å². The van der Waals surface area contributed by atoms with Crippen LogP contribution >= 0.6 is 11.3 Å². The van der Waals surface area contributed by atoms with Crippen molar-refractivity contribution in [1.82, 2.24) is 14.8 Å². The van der Waals surface area contributed by atoms with E-state index in [9.17, 15) is 0 Å². The molecule has 2 aromatic rings. The molecule has 2 aromatic heterocycles. The van der Waals surface area contributed by atoms with Crippen LogP contribution in [0, 0.1) is 6.92 Å². The summed E-state index contributed by atoms with van der Waals surface area (Å²) >= 11 is 1.59. The van der Waals surface area contributed by atoms with Crippen LogP contribution in [0.25, 0.3) is 0 Å². The van der Waals surface area contributed by atoms with Gasteiger partial charge in [0.1, 0.15) is 5.82 Å². The lowest BCUT2D eigenvalue weighted by molar-refractivity contribution is 0.658. The Bertz CT molecular complexity index is 390. The van der Waals surface area contributed by atoms with Crippen molar-refractivity contribution in [3.8, 4) is 0 Å². The summed E-state index contributed by atoms with van der Waals surface area (Å²) in [7, 11) is 0. The molecule has 2 N–H and O–H groups in total. The summed E-state index contributed by atoms with van der Waals surface area (Å²) in [6.45, 7) is 2.68. The molecule has 0 aliphatic rings. The monoisotopic (exact) mass is 194 g/mol. The maximum absolute atomic E-state index is 5.56. The van der Waals surface area contributed by atoms with Crippen LogP contribution in [-0.2, 0) is 6.54 Å². The molecular formula is C8H10N4S. The lowest BCUT2D eigenvalue weighted by Crippen LogP contribution is -2.04. The number of rotatable bonds is 2. The first-order valence-corrected chi connectivity index (χ1v) is 4.87. The van der Waals surface area contributed by atoms with Crippen molar-refractivity contribution >= 4 is 17.2 Å². The Morgan fingerprint density at radius 2 is 2.46 bits per heavy atom. The van der Waals surface area contributed by atoms with Crippen LogP contribution in [0.15, 0.2) is 17.0 Å². The van der Waals surface area contributed by atoms with Gasteiger partial charge in [0.15, 0.2) is 0 Å². The Morgan fingerprint density at radius 3 is 3.00 bits per heavy atom. The minimum atomic E-state index is 0.563. The van der Waals surface area contributed by atoms with Crippen molar-refractivity contribution in [2.24, 2.45) is 0 Å². The molecule has 0 unspecified atom stereocenters. The molecule has 0 fully saturated rings. The van der Waals surface area contributed by atoms with Crippen LogP contribution in [0.5, 0.6) is 0 Å². The summed E-state index contributed by atoms with van der Waals surface area (Å²) in [5, 5.41) is 6.16. The highest BCUT2D eigenvalue weighted by Gasteiger charge is 2.02. The average molecular weight is 194 g/mol. The fourth-order valence-electron chi connectivity index (χ4n) is 1.16. The van der Waals surface area contributed by atoms with E-state index in [-0.39, 0.29) is 0 Å². The predicted molar refractivity (Wildman–Crippen MR) is 52.6 cm³/mol. The van der Waals surface area contributed by atoms with E-state index in [4.69, 9.17) is 5.73 Å². The topological polar surface area (TPSA) is 56.7 Å². The van der Waals surface area contributed by atoms with Gasteiger partial charge in [0.2, 0.25) is 0 Å². The fourth-order valence-corrected chi connectivity index (χ4v) is 1.71. The molecule has 2 rings (SSSR count). The van der Waals surface area contributed by atoms with E-state index < -0.39 is 0 Å². The van der Waals surface area contributed by atoms with E-state index in [2.05, 4.69) is 10.1 Å². The van der Waals surface area contributed by atoms with Gasteiger partial charge in [0.05, 0.1) is 17.7 Å². The lowest BCUT2D eigenvalue weighted by atomic mass is 10.4. The third-order valence-electron chi connectivity index (χ3n) is 1.80. The number of hydrogen-bond donors (Lipinski definition) is 1. The molecule has 5 heteroatoms. The molecule has 2 heterocycles. The smallest absolute Gasteiger partial charge is 0.145 e. The van der Waals surface area contributed by atoms with Crippen LogP contribution in [-0.4, -0.2) is 14.8 Å². The van der Waals surface area contributed by atoms with Gasteiger partial charge in [-0.25, -0.2) is 4.98 Å². The van der Waals surface area contributed by atoms with Gasteiger partial charge in [-0.2, -0.15) is 5.10 Å². The van der Waals surface area contributed by atoms with Gasteiger partial charge in [-0.3, -0.25) is 4.68 Å². The summed E-state index contributed by atoms with van der Waals surface area (Å²) in [6, 6.07) is 1.85. The van der Waals surface area contributed by atoms with E-state index in [0.717, 1.165) is 11.4 Å². The summed E-state index contributed by atoms with van der Waals surface area (Å²) in [5.74, 6) is 0.563. The zero-order valence-electron chi connectivity index (χ0n) is 7.27. The third-order valence-corrected chi connectivity index (χ3v) is 2.43. The second kappa shape index (κ2) is 3.18. The number of anilines is 1. The summed E-state index contributed by atoms with van der Waals surface area (Å²) in [4.78, 5) is 4.18. The molecular weight excluding hydrogens is 184 g/mol. The van der Waals surface area contributed by atoms with Crippen molar-refractivity contribution in [3.05, 3.63) is 28.3 Å². The first-order valence-electron chi connectivity index (χ1n) is 3.92. The van der Waals surface area contributed by atoms with E-state index in [1.807, 2.05) is 28.6 Å². The van der Waals surface area contributed by atoms with Crippen molar-refractivity contribution in [2.75, 3.05) is 5.73 Å². The predicted octanol–water partition coefficient (Wildman–Crippen LogP) is 1.28. The number of nitrogens with two attached hydrogens (primary N) is 1. The number of nitrogen functional groups attached to an aromatic ring is 1. The molecule has 0 radical (unpaired) electrons. The van der Waals surface area contributed by atoms with E-state index in [0.29, 0.717) is 12.4 Å². The minimum Gasteiger partial charge on any atom is -0.382 e. The Kier molecular flexibility index (Phi) is 2.02. The molecule has 0 bridgehead atoms. The maximum atomic E-state index is 5.56. The first-order chi connectivity index (χ1) is 6.25. The lowest BCUT2D eigenvalue weighted by Gasteiger charge is -1.99. The molecule has 4 nitrogen and oxygen atoms in total. The highest BCUT2D eigenvalue weighted by molar-refractivity contribution is 7.07. The maximum Gasteiger partial charge on any atom is 0.145 e. The molecule has 0 spiro atoms. The van der Waals surface area contributed by atoms with Gasteiger partial charge < -0.3 is 5.73 Å². The highest BCUT2D eigenvalue weighted by Crippen LogP contribution is 2.08. The molecule has 13 heavy (non-hydrogen) atoms. The van der Waals surface area contributed by atoms with Gasteiger partial charge in [-0.15, -0.1) is 11.3 Å². The second-order valence-corrected chi connectivity index (χ2v) is 3.57. The quantitative estimate of drug-likeness (QED) is 0.783. The molecule has 0 saturated carbocycles. The molecule has 0 aromatic carbocycles. The van der Waals surface area contributed by atoms with E-state index >= 15 is 0 Å². The van der Waals surface area contributed by atoms with E-state index in [1.54, 1.807) is 11.3 Å². The Labute approximate surface area is 80.0 Å². The molecule has 0 aliphatic carbocycles.